The molecule has 0 saturated carbocycles. The predicted molar refractivity (Wildman–Crippen MR) is 120 cm³/mol. The van der Waals surface area contributed by atoms with Crippen LogP contribution >= 0.6 is 0 Å². The molecular formula is C26H29F2NO. The van der Waals surface area contributed by atoms with Crippen LogP contribution in [0, 0.1) is 0 Å². The molecule has 0 aliphatic heterocycles. The number of rotatable bonds is 7. The van der Waals surface area contributed by atoms with Crippen molar-refractivity contribution in [2.45, 2.75) is 52.4 Å². The van der Waals surface area contributed by atoms with Crippen molar-refractivity contribution in [1.29, 1.82) is 0 Å². The summed E-state index contributed by atoms with van der Waals surface area (Å²) in [6.45, 7) is 10.6. The largest absolute Gasteiger partial charge is 0.297 e. The fourth-order valence-corrected chi connectivity index (χ4v) is 3.76. The van der Waals surface area contributed by atoms with Crippen LogP contribution in [-0.2, 0) is 10.7 Å². The summed E-state index contributed by atoms with van der Waals surface area (Å²) in [6.07, 6.45) is 6.59. The molecule has 0 spiro atoms. The number of nitrogens with zero attached hydrogens (tertiary/aromatic N) is 1. The first kappa shape index (κ1) is 23.4. The Kier molecular flexibility index (Phi) is 7.64. The molecule has 1 aliphatic carbocycles. The zero-order valence-electron chi connectivity index (χ0n) is 18.4. The van der Waals surface area contributed by atoms with Crippen molar-refractivity contribution in [1.82, 2.24) is 0 Å². The van der Waals surface area contributed by atoms with E-state index in [4.69, 9.17) is 0 Å². The zero-order valence-corrected chi connectivity index (χ0v) is 18.4. The minimum Gasteiger partial charge on any atom is -0.297 e. The Labute approximate surface area is 178 Å². The highest BCUT2D eigenvalue weighted by Gasteiger charge is 2.32. The lowest BCUT2D eigenvalue weighted by atomic mass is 9.73. The van der Waals surface area contributed by atoms with Crippen molar-refractivity contribution < 1.29 is 13.6 Å². The molecule has 30 heavy (non-hydrogen) atoms. The first-order valence-electron chi connectivity index (χ1n) is 10.1. The Balaban J connectivity index is 2.77. The average Bonchev–Trinajstić information content (AvgIpc) is 2.71. The number of hydrogen-bond donors (Lipinski definition) is 0. The second-order valence-electron chi connectivity index (χ2n) is 7.62. The SMILES string of the molecule is C=C=C1C(C(=O)CCC)=CC(/C(C)=C/C=NC)=C(C)C1c1cccc(C(C)(F)F)c1. The smallest absolute Gasteiger partial charge is 0.270 e. The average molecular weight is 410 g/mol. The quantitative estimate of drug-likeness (QED) is 0.357. The van der Waals surface area contributed by atoms with Crippen molar-refractivity contribution >= 4 is 12.0 Å². The van der Waals surface area contributed by atoms with Gasteiger partial charge in [0.1, 0.15) is 0 Å². The van der Waals surface area contributed by atoms with Gasteiger partial charge in [-0.3, -0.25) is 9.79 Å². The summed E-state index contributed by atoms with van der Waals surface area (Å²) in [5.41, 5.74) is 7.59. The van der Waals surface area contributed by atoms with E-state index < -0.39 is 5.92 Å². The highest BCUT2D eigenvalue weighted by molar-refractivity contribution is 6.01. The lowest BCUT2D eigenvalue weighted by Gasteiger charge is -2.29. The van der Waals surface area contributed by atoms with Crippen LogP contribution in [0.2, 0.25) is 0 Å². The van der Waals surface area contributed by atoms with E-state index in [0.29, 0.717) is 23.1 Å². The van der Waals surface area contributed by atoms with Gasteiger partial charge >= 0.3 is 0 Å². The highest BCUT2D eigenvalue weighted by atomic mass is 19.3. The van der Waals surface area contributed by atoms with Crippen molar-refractivity contribution in [2.24, 2.45) is 4.99 Å². The molecule has 0 aromatic heterocycles. The summed E-state index contributed by atoms with van der Waals surface area (Å²) in [5.74, 6) is -3.32. The van der Waals surface area contributed by atoms with Gasteiger partial charge in [-0.15, -0.1) is 5.73 Å². The summed E-state index contributed by atoms with van der Waals surface area (Å²) in [4.78, 5) is 16.9. The number of hydrogen-bond acceptors (Lipinski definition) is 2. The molecule has 0 amide bonds. The first-order chi connectivity index (χ1) is 14.1. The Morgan fingerprint density at radius 2 is 2.07 bits per heavy atom. The molecule has 1 atom stereocenters. The second-order valence-corrected chi connectivity index (χ2v) is 7.62. The summed E-state index contributed by atoms with van der Waals surface area (Å²) in [7, 11) is 1.69. The summed E-state index contributed by atoms with van der Waals surface area (Å²) in [5, 5.41) is 0. The predicted octanol–water partition coefficient (Wildman–Crippen LogP) is 6.87. The van der Waals surface area contributed by atoms with E-state index in [-0.39, 0.29) is 17.3 Å². The van der Waals surface area contributed by atoms with E-state index >= 15 is 0 Å². The zero-order chi connectivity index (χ0) is 22.5. The van der Waals surface area contributed by atoms with Crippen molar-refractivity contribution in [3.8, 4) is 0 Å². The molecule has 4 heteroatoms. The molecule has 1 aliphatic rings. The minimum absolute atomic E-state index is 0.00702. The van der Waals surface area contributed by atoms with Crippen LogP contribution in [0.15, 0.2) is 81.6 Å². The Hall–Kier alpha value is -2.84. The number of allylic oxidation sites excluding steroid dienone is 7. The third-order valence-electron chi connectivity index (χ3n) is 5.32. The van der Waals surface area contributed by atoms with Crippen LogP contribution in [0.1, 0.15) is 57.6 Å². The molecule has 2 rings (SSSR count). The number of ketones is 1. The molecule has 0 radical (unpaired) electrons. The van der Waals surface area contributed by atoms with Gasteiger partial charge in [0.05, 0.1) is 0 Å². The van der Waals surface area contributed by atoms with Gasteiger partial charge in [0.25, 0.3) is 5.92 Å². The number of Topliss-reactive ketones (excluding diaryl/α,β-unsaturated/α-hetero) is 1. The minimum atomic E-state index is -2.95. The Bertz CT molecular complexity index is 996. The van der Waals surface area contributed by atoms with E-state index in [1.165, 1.54) is 12.1 Å². The van der Waals surface area contributed by atoms with Gasteiger partial charge in [-0.1, -0.05) is 37.3 Å². The van der Waals surface area contributed by atoms with E-state index in [2.05, 4.69) is 17.3 Å². The maximum atomic E-state index is 14.0. The van der Waals surface area contributed by atoms with Gasteiger partial charge in [0.15, 0.2) is 5.78 Å². The summed E-state index contributed by atoms with van der Waals surface area (Å²) >= 11 is 0. The number of aliphatic imine (C=N–C) groups is 1. The van der Waals surface area contributed by atoms with Gasteiger partial charge in [-0.2, -0.15) is 0 Å². The lowest BCUT2D eigenvalue weighted by Crippen LogP contribution is -2.18. The number of carbonyl (C=O) groups excluding carboxylic acids is 1. The highest BCUT2D eigenvalue weighted by Crippen LogP contribution is 2.44. The van der Waals surface area contributed by atoms with E-state index in [0.717, 1.165) is 30.1 Å². The molecule has 1 aromatic carbocycles. The normalized spacial score (nSPS) is 18.0. The molecule has 0 fully saturated rings. The molecule has 0 heterocycles. The molecule has 158 valence electrons. The topological polar surface area (TPSA) is 29.4 Å². The number of carbonyl (C=O) groups is 1. The maximum absolute atomic E-state index is 14.0. The molecule has 0 N–H and O–H groups in total. The molecule has 1 aromatic rings. The summed E-state index contributed by atoms with van der Waals surface area (Å²) in [6, 6.07) is 6.39. The van der Waals surface area contributed by atoms with Gasteiger partial charge in [-0.25, -0.2) is 8.78 Å². The molecule has 0 bridgehead atoms. The Morgan fingerprint density at radius 3 is 2.63 bits per heavy atom. The van der Waals surface area contributed by atoms with Crippen LogP contribution in [-0.4, -0.2) is 19.0 Å². The van der Waals surface area contributed by atoms with Crippen molar-refractivity contribution in [2.75, 3.05) is 7.05 Å². The van der Waals surface area contributed by atoms with Crippen LogP contribution in [0.3, 0.4) is 0 Å². The van der Waals surface area contributed by atoms with E-state index in [9.17, 15) is 13.6 Å². The lowest BCUT2D eigenvalue weighted by molar-refractivity contribution is -0.115. The number of alkyl halides is 2. The third-order valence-corrected chi connectivity index (χ3v) is 5.32. The van der Waals surface area contributed by atoms with Gasteiger partial charge < -0.3 is 0 Å². The number of halogens is 2. The first-order valence-corrected chi connectivity index (χ1v) is 10.1. The third kappa shape index (κ3) is 5.01. The fourth-order valence-electron chi connectivity index (χ4n) is 3.76. The standard InChI is InChI=1S/C26H29F2NO/c1-7-10-24(30)23-16-22(17(3)13-14-29-6)18(4)25(21(23)8-2)19-11-9-12-20(15-19)26(5,27)28/h9,11-16,25H,2,7,10H2,1,3-6H3/b17-13+,29-14?. The molecule has 2 nitrogen and oxygen atoms in total. The second kappa shape index (κ2) is 9.77. The van der Waals surface area contributed by atoms with Crippen molar-refractivity contribution in [3.05, 3.63) is 87.7 Å². The fraction of sp³-hybridized carbons (Fsp3) is 0.346. The van der Waals surface area contributed by atoms with Crippen molar-refractivity contribution in [3.63, 3.8) is 0 Å². The van der Waals surface area contributed by atoms with Gasteiger partial charge in [0, 0.05) is 49.2 Å². The monoisotopic (exact) mass is 409 g/mol. The molecule has 1 unspecified atom stereocenters. The molecule has 0 saturated heterocycles. The van der Waals surface area contributed by atoms with Crippen LogP contribution in [0.5, 0.6) is 0 Å². The van der Waals surface area contributed by atoms with Gasteiger partial charge in [-0.05, 0) is 55.2 Å². The molecular weight excluding hydrogens is 380 g/mol. The van der Waals surface area contributed by atoms with Crippen LogP contribution < -0.4 is 0 Å². The van der Waals surface area contributed by atoms with Crippen LogP contribution in [0.4, 0.5) is 8.78 Å². The number of benzene rings is 1. The summed E-state index contributed by atoms with van der Waals surface area (Å²) < 4.78 is 28.0. The Morgan fingerprint density at radius 1 is 1.37 bits per heavy atom. The maximum Gasteiger partial charge on any atom is 0.270 e. The van der Waals surface area contributed by atoms with E-state index in [1.807, 2.05) is 39.0 Å². The van der Waals surface area contributed by atoms with Gasteiger partial charge in [0.2, 0.25) is 0 Å². The van der Waals surface area contributed by atoms with E-state index in [1.54, 1.807) is 19.3 Å². The van der Waals surface area contributed by atoms with Crippen LogP contribution in [0.25, 0.3) is 0 Å².